The van der Waals surface area contributed by atoms with Crippen LogP contribution in [-0.4, -0.2) is 34.8 Å². The Labute approximate surface area is 146 Å². The third-order valence-corrected chi connectivity index (χ3v) is 3.34. The van der Waals surface area contributed by atoms with Gasteiger partial charge >= 0.3 is 0 Å². The van der Waals surface area contributed by atoms with E-state index in [1.807, 2.05) is 0 Å². The number of hydrogen-bond acceptors (Lipinski definition) is 5. The summed E-state index contributed by atoms with van der Waals surface area (Å²) < 4.78 is 10.7. The predicted molar refractivity (Wildman–Crippen MR) is 92.2 cm³/mol. The van der Waals surface area contributed by atoms with Gasteiger partial charge in [-0.15, -0.1) is 13.0 Å². The molecule has 0 N–H and O–H groups in total. The molecule has 2 rings (SSSR count). The molecule has 6 heteroatoms. The molecule has 1 aromatic heterocycles. The van der Waals surface area contributed by atoms with Crippen LogP contribution < -0.4 is 4.74 Å². The third-order valence-electron chi connectivity index (χ3n) is 3.34. The van der Waals surface area contributed by atoms with Crippen molar-refractivity contribution < 1.29 is 18.8 Å². The lowest BCUT2D eigenvalue weighted by Crippen LogP contribution is -2.31. The van der Waals surface area contributed by atoms with E-state index in [1.165, 1.54) is 17.9 Å². The molecule has 0 aliphatic heterocycles. The lowest BCUT2D eigenvalue weighted by Gasteiger charge is -2.16. The van der Waals surface area contributed by atoms with Crippen molar-refractivity contribution in [3.8, 4) is 18.1 Å². The van der Waals surface area contributed by atoms with Crippen LogP contribution in [-0.2, 0) is 6.61 Å². The minimum absolute atomic E-state index is 0.0130. The number of ether oxygens (including phenoxy) is 1. The Kier molecular flexibility index (Phi) is 6.13. The minimum Gasteiger partial charge on any atom is -0.486 e. The van der Waals surface area contributed by atoms with Gasteiger partial charge in [0.05, 0.1) is 6.54 Å². The molecule has 0 aliphatic carbocycles. The van der Waals surface area contributed by atoms with Crippen molar-refractivity contribution >= 4 is 11.7 Å². The Bertz CT molecular complexity index is 800. The van der Waals surface area contributed by atoms with Crippen molar-refractivity contribution in [2.24, 2.45) is 0 Å². The molecular weight excluding hydrogens is 320 g/mol. The molecule has 1 amide bonds. The smallest absolute Gasteiger partial charge is 0.277 e. The first-order chi connectivity index (χ1) is 12.0. The largest absolute Gasteiger partial charge is 0.486 e. The lowest BCUT2D eigenvalue weighted by atomic mass is 10.1. The zero-order chi connectivity index (χ0) is 18.2. The maximum absolute atomic E-state index is 12.3. The summed E-state index contributed by atoms with van der Waals surface area (Å²) in [5.74, 6) is 3.05. The number of benzene rings is 1. The first-order valence-electron chi connectivity index (χ1n) is 7.58. The van der Waals surface area contributed by atoms with Gasteiger partial charge in [0.15, 0.2) is 17.2 Å². The first-order valence-corrected chi connectivity index (χ1v) is 7.58. The Morgan fingerprint density at radius 2 is 2.12 bits per heavy atom. The molecule has 25 heavy (non-hydrogen) atoms. The van der Waals surface area contributed by atoms with Gasteiger partial charge in [0.1, 0.15) is 12.4 Å². The standard InChI is InChI=1S/C19H18N2O4/c1-4-10-21(11-5-2)19(23)18-12-17(25-20-18)13-24-16-8-6-15(7-9-16)14(3)22/h1,5-9,12H,2,10-11,13H2,3H3. The van der Waals surface area contributed by atoms with Crippen LogP contribution in [0.5, 0.6) is 5.75 Å². The van der Waals surface area contributed by atoms with Gasteiger partial charge in [0.25, 0.3) is 5.91 Å². The van der Waals surface area contributed by atoms with Crippen LogP contribution in [0.15, 0.2) is 47.5 Å². The van der Waals surface area contributed by atoms with Crippen molar-refractivity contribution in [3.05, 3.63) is 60.0 Å². The van der Waals surface area contributed by atoms with Crippen LogP contribution in [0.3, 0.4) is 0 Å². The van der Waals surface area contributed by atoms with E-state index in [0.29, 0.717) is 23.6 Å². The fraction of sp³-hybridized carbons (Fsp3) is 0.211. The van der Waals surface area contributed by atoms with Crippen LogP contribution >= 0.6 is 0 Å². The number of terminal acetylenes is 1. The summed E-state index contributed by atoms with van der Waals surface area (Å²) in [4.78, 5) is 25.0. The highest BCUT2D eigenvalue weighted by molar-refractivity contribution is 5.94. The summed E-state index contributed by atoms with van der Waals surface area (Å²) in [6, 6.07) is 8.26. The van der Waals surface area contributed by atoms with E-state index in [0.717, 1.165) is 0 Å². The van der Waals surface area contributed by atoms with Gasteiger partial charge in [-0.1, -0.05) is 17.2 Å². The maximum Gasteiger partial charge on any atom is 0.277 e. The number of hydrogen-bond donors (Lipinski definition) is 0. The lowest BCUT2D eigenvalue weighted by molar-refractivity contribution is 0.0782. The molecule has 1 aromatic carbocycles. The molecular formula is C19H18N2O4. The molecule has 128 valence electrons. The zero-order valence-corrected chi connectivity index (χ0v) is 13.9. The fourth-order valence-corrected chi connectivity index (χ4v) is 2.07. The Balaban J connectivity index is 1.98. The van der Waals surface area contributed by atoms with E-state index in [4.69, 9.17) is 15.7 Å². The van der Waals surface area contributed by atoms with Crippen LogP contribution in [0.2, 0.25) is 0 Å². The van der Waals surface area contributed by atoms with Crippen molar-refractivity contribution in [1.82, 2.24) is 10.1 Å². The molecule has 6 nitrogen and oxygen atoms in total. The van der Waals surface area contributed by atoms with E-state index < -0.39 is 0 Å². The second-order valence-electron chi connectivity index (χ2n) is 5.23. The van der Waals surface area contributed by atoms with E-state index >= 15 is 0 Å². The highest BCUT2D eigenvalue weighted by atomic mass is 16.5. The van der Waals surface area contributed by atoms with E-state index in [2.05, 4.69) is 17.7 Å². The van der Waals surface area contributed by atoms with E-state index in [-0.39, 0.29) is 30.5 Å². The van der Waals surface area contributed by atoms with Crippen LogP contribution in [0.4, 0.5) is 0 Å². The van der Waals surface area contributed by atoms with Crippen LogP contribution in [0.1, 0.15) is 33.5 Å². The number of nitrogens with zero attached hydrogens (tertiary/aromatic N) is 2. The molecule has 0 aliphatic rings. The van der Waals surface area contributed by atoms with Gasteiger partial charge in [-0.05, 0) is 31.2 Å². The summed E-state index contributed by atoms with van der Waals surface area (Å²) >= 11 is 0. The topological polar surface area (TPSA) is 72.6 Å². The van der Waals surface area contributed by atoms with Gasteiger partial charge < -0.3 is 14.2 Å². The Morgan fingerprint density at radius 3 is 2.72 bits per heavy atom. The maximum atomic E-state index is 12.3. The summed E-state index contributed by atoms with van der Waals surface area (Å²) in [6.45, 7) is 5.69. The first kappa shape index (κ1) is 18.0. The van der Waals surface area contributed by atoms with Gasteiger partial charge in [-0.2, -0.15) is 0 Å². The molecule has 1 heterocycles. The third kappa shape index (κ3) is 4.82. The fourth-order valence-electron chi connectivity index (χ4n) is 2.07. The number of amides is 1. The van der Waals surface area contributed by atoms with Gasteiger partial charge in [0.2, 0.25) is 0 Å². The number of carbonyl (C=O) groups excluding carboxylic acids is 2. The number of Topliss-reactive ketones (excluding diaryl/α,β-unsaturated/α-hetero) is 1. The minimum atomic E-state index is -0.335. The van der Waals surface area contributed by atoms with Crippen molar-refractivity contribution in [1.29, 1.82) is 0 Å². The quantitative estimate of drug-likeness (QED) is 0.420. The molecule has 0 unspecified atom stereocenters. The van der Waals surface area contributed by atoms with Crippen LogP contribution in [0, 0.1) is 12.3 Å². The number of carbonyl (C=O) groups is 2. The second-order valence-corrected chi connectivity index (χ2v) is 5.23. The molecule has 0 atom stereocenters. The number of rotatable bonds is 8. The van der Waals surface area contributed by atoms with Gasteiger partial charge in [-0.3, -0.25) is 9.59 Å². The molecule has 0 saturated carbocycles. The SMILES string of the molecule is C#CCN(CC=C)C(=O)c1cc(COc2ccc(C(C)=O)cc2)on1. The molecule has 0 radical (unpaired) electrons. The Morgan fingerprint density at radius 1 is 1.40 bits per heavy atom. The summed E-state index contributed by atoms with van der Waals surface area (Å²) in [5.41, 5.74) is 0.762. The number of aromatic nitrogens is 1. The zero-order valence-electron chi connectivity index (χ0n) is 13.9. The predicted octanol–water partition coefficient (Wildman–Crippen LogP) is 2.72. The molecule has 0 saturated heterocycles. The summed E-state index contributed by atoms with van der Waals surface area (Å²) in [7, 11) is 0. The van der Waals surface area contributed by atoms with Crippen molar-refractivity contribution in [3.63, 3.8) is 0 Å². The average Bonchev–Trinajstić information content (AvgIpc) is 3.08. The second kappa shape index (κ2) is 8.50. The average molecular weight is 338 g/mol. The molecule has 2 aromatic rings. The normalized spacial score (nSPS) is 9.92. The summed E-state index contributed by atoms with van der Waals surface area (Å²) in [6.07, 6.45) is 6.85. The van der Waals surface area contributed by atoms with Gasteiger partial charge in [0, 0.05) is 18.2 Å². The summed E-state index contributed by atoms with van der Waals surface area (Å²) in [5, 5.41) is 3.76. The van der Waals surface area contributed by atoms with E-state index in [1.54, 1.807) is 30.3 Å². The Hall–Kier alpha value is -3.33. The molecule has 0 bridgehead atoms. The highest BCUT2D eigenvalue weighted by Crippen LogP contribution is 2.15. The molecule has 0 fully saturated rings. The highest BCUT2D eigenvalue weighted by Gasteiger charge is 2.18. The van der Waals surface area contributed by atoms with Gasteiger partial charge in [-0.25, -0.2) is 0 Å². The van der Waals surface area contributed by atoms with Crippen molar-refractivity contribution in [2.45, 2.75) is 13.5 Å². The molecule has 0 spiro atoms. The number of ketones is 1. The monoisotopic (exact) mass is 338 g/mol. The van der Waals surface area contributed by atoms with Crippen molar-refractivity contribution in [2.75, 3.05) is 13.1 Å². The van der Waals surface area contributed by atoms with E-state index in [9.17, 15) is 9.59 Å². The van der Waals surface area contributed by atoms with Crippen LogP contribution in [0.25, 0.3) is 0 Å².